The lowest BCUT2D eigenvalue weighted by Crippen LogP contribution is -2.25. The minimum Gasteiger partial charge on any atom is -0.386 e. The Morgan fingerprint density at radius 3 is 2.65 bits per heavy atom. The van der Waals surface area contributed by atoms with Gasteiger partial charge in [0.1, 0.15) is 17.7 Å². The van der Waals surface area contributed by atoms with E-state index in [0.29, 0.717) is 16.9 Å². The van der Waals surface area contributed by atoms with E-state index in [-0.39, 0.29) is 11.9 Å². The maximum Gasteiger partial charge on any atom is 0.144 e. The lowest BCUT2D eigenvalue weighted by atomic mass is 10.0. The first kappa shape index (κ1) is 14.0. The normalized spacial score (nSPS) is 13.3. The number of nitrogens with one attached hydrogen (secondary N) is 1. The summed E-state index contributed by atoms with van der Waals surface area (Å²) in [5.41, 5.74) is 1.01. The molecular weight excluding hydrogens is 257 g/mol. The highest BCUT2D eigenvalue weighted by atomic mass is 19.1. The summed E-state index contributed by atoms with van der Waals surface area (Å²) in [6, 6.07) is 10.6. The molecule has 0 aliphatic heterocycles. The van der Waals surface area contributed by atoms with Gasteiger partial charge in [-0.05, 0) is 36.8 Å². The van der Waals surface area contributed by atoms with Gasteiger partial charge in [-0.2, -0.15) is 5.26 Å². The number of anilines is 1. The van der Waals surface area contributed by atoms with Crippen molar-refractivity contribution >= 4 is 5.82 Å². The van der Waals surface area contributed by atoms with E-state index in [1.54, 1.807) is 25.3 Å². The molecule has 1 heterocycles. The van der Waals surface area contributed by atoms with Crippen molar-refractivity contribution in [3.8, 4) is 6.07 Å². The number of aliphatic hydroxyl groups is 1. The monoisotopic (exact) mass is 271 g/mol. The molecule has 0 aliphatic rings. The van der Waals surface area contributed by atoms with Crippen molar-refractivity contribution in [2.24, 2.45) is 0 Å². The van der Waals surface area contributed by atoms with E-state index in [1.165, 1.54) is 24.3 Å². The number of aliphatic hydroxyl groups excluding tert-OH is 1. The molecule has 2 N–H and O–H groups in total. The molecule has 1 aromatic heterocycles. The van der Waals surface area contributed by atoms with Gasteiger partial charge in [-0.25, -0.2) is 9.37 Å². The molecule has 0 aliphatic carbocycles. The van der Waals surface area contributed by atoms with Crippen LogP contribution in [0, 0.1) is 17.1 Å². The summed E-state index contributed by atoms with van der Waals surface area (Å²) in [6.07, 6.45) is 0.740. The van der Waals surface area contributed by atoms with E-state index >= 15 is 0 Å². The van der Waals surface area contributed by atoms with Crippen LogP contribution in [0.4, 0.5) is 10.2 Å². The van der Waals surface area contributed by atoms with Crippen molar-refractivity contribution in [1.29, 1.82) is 5.26 Å². The third-order valence-corrected chi connectivity index (χ3v) is 2.98. The zero-order chi connectivity index (χ0) is 14.5. The number of nitriles is 1. The fraction of sp³-hybridized carbons (Fsp3) is 0.200. The standard InChI is InChI=1S/C15H14FN3O/c1-10(14(20)11-4-6-13(16)7-5-11)19-15-12(9-17)3-2-8-18-15/h2-8,10,14,20H,1H3,(H,18,19)/t10-,14+/m0/s1. The Morgan fingerprint density at radius 2 is 2.00 bits per heavy atom. The molecule has 20 heavy (non-hydrogen) atoms. The molecule has 0 amide bonds. The minimum atomic E-state index is -0.829. The molecule has 0 saturated heterocycles. The molecule has 5 heteroatoms. The molecule has 0 fully saturated rings. The summed E-state index contributed by atoms with van der Waals surface area (Å²) in [4.78, 5) is 4.07. The maximum absolute atomic E-state index is 12.9. The smallest absolute Gasteiger partial charge is 0.144 e. The fourth-order valence-corrected chi connectivity index (χ4v) is 1.85. The zero-order valence-corrected chi connectivity index (χ0v) is 10.9. The number of aromatic nitrogens is 1. The van der Waals surface area contributed by atoms with Crippen LogP contribution in [0.2, 0.25) is 0 Å². The molecule has 0 radical (unpaired) electrons. The Balaban J connectivity index is 2.13. The third-order valence-electron chi connectivity index (χ3n) is 2.98. The molecule has 0 bridgehead atoms. The van der Waals surface area contributed by atoms with Crippen molar-refractivity contribution in [3.05, 3.63) is 59.5 Å². The molecule has 1 aromatic carbocycles. The quantitative estimate of drug-likeness (QED) is 0.897. The van der Waals surface area contributed by atoms with Crippen LogP contribution in [-0.2, 0) is 0 Å². The third kappa shape index (κ3) is 3.11. The molecule has 0 saturated carbocycles. The molecule has 0 unspecified atom stereocenters. The van der Waals surface area contributed by atoms with E-state index in [9.17, 15) is 9.50 Å². The predicted octanol–water partition coefficient (Wildman–Crippen LogP) is 2.63. The molecular formula is C15H14FN3O. The minimum absolute atomic E-state index is 0.349. The topological polar surface area (TPSA) is 68.9 Å². The number of benzene rings is 1. The summed E-state index contributed by atoms with van der Waals surface area (Å²) in [5, 5.41) is 22.2. The van der Waals surface area contributed by atoms with Crippen LogP contribution in [0.5, 0.6) is 0 Å². The summed E-state index contributed by atoms with van der Waals surface area (Å²) >= 11 is 0. The number of rotatable bonds is 4. The lowest BCUT2D eigenvalue weighted by molar-refractivity contribution is 0.160. The van der Waals surface area contributed by atoms with Crippen molar-refractivity contribution in [3.63, 3.8) is 0 Å². The van der Waals surface area contributed by atoms with Gasteiger partial charge in [-0.3, -0.25) is 0 Å². The Bertz CT molecular complexity index is 622. The van der Waals surface area contributed by atoms with Crippen molar-refractivity contribution in [2.75, 3.05) is 5.32 Å². The van der Waals surface area contributed by atoms with Crippen LogP contribution in [0.1, 0.15) is 24.2 Å². The van der Waals surface area contributed by atoms with Crippen LogP contribution in [0.25, 0.3) is 0 Å². The van der Waals surface area contributed by atoms with E-state index in [1.807, 2.05) is 6.07 Å². The van der Waals surface area contributed by atoms with E-state index in [2.05, 4.69) is 10.3 Å². The molecule has 102 valence electrons. The molecule has 2 rings (SSSR count). The van der Waals surface area contributed by atoms with Gasteiger partial charge in [0.2, 0.25) is 0 Å². The fourth-order valence-electron chi connectivity index (χ4n) is 1.85. The molecule has 0 spiro atoms. The number of nitrogens with zero attached hydrogens (tertiary/aromatic N) is 2. The van der Waals surface area contributed by atoms with Crippen LogP contribution in [0.3, 0.4) is 0 Å². The number of hydrogen-bond acceptors (Lipinski definition) is 4. The van der Waals surface area contributed by atoms with Crippen molar-refractivity contribution < 1.29 is 9.50 Å². The average molecular weight is 271 g/mol. The Kier molecular flexibility index (Phi) is 4.28. The first-order valence-electron chi connectivity index (χ1n) is 6.17. The number of hydrogen-bond donors (Lipinski definition) is 2. The summed E-state index contributed by atoms with van der Waals surface area (Å²) in [5.74, 6) is 0.0710. The van der Waals surface area contributed by atoms with E-state index in [0.717, 1.165) is 0 Å². The van der Waals surface area contributed by atoms with Gasteiger partial charge in [0.05, 0.1) is 17.7 Å². The van der Waals surface area contributed by atoms with Gasteiger partial charge in [-0.1, -0.05) is 12.1 Å². The highest BCUT2D eigenvalue weighted by Gasteiger charge is 2.17. The molecule has 2 aromatic rings. The van der Waals surface area contributed by atoms with Gasteiger partial charge >= 0.3 is 0 Å². The first-order chi connectivity index (χ1) is 9.61. The highest BCUT2D eigenvalue weighted by molar-refractivity contribution is 5.52. The molecule has 4 nitrogen and oxygen atoms in total. The van der Waals surface area contributed by atoms with Gasteiger partial charge < -0.3 is 10.4 Å². The van der Waals surface area contributed by atoms with Crippen LogP contribution >= 0.6 is 0 Å². The second-order valence-electron chi connectivity index (χ2n) is 4.44. The maximum atomic E-state index is 12.9. The zero-order valence-electron chi connectivity index (χ0n) is 10.9. The van der Waals surface area contributed by atoms with E-state index in [4.69, 9.17) is 5.26 Å². The van der Waals surface area contributed by atoms with Gasteiger partial charge in [0.15, 0.2) is 0 Å². The Hall–Kier alpha value is -2.45. The van der Waals surface area contributed by atoms with Gasteiger partial charge in [-0.15, -0.1) is 0 Å². The van der Waals surface area contributed by atoms with Crippen LogP contribution in [0.15, 0.2) is 42.6 Å². The van der Waals surface area contributed by atoms with Gasteiger partial charge in [0.25, 0.3) is 0 Å². The second-order valence-corrected chi connectivity index (χ2v) is 4.44. The summed E-state index contributed by atoms with van der Waals surface area (Å²) in [6.45, 7) is 1.77. The molecule has 2 atom stereocenters. The van der Waals surface area contributed by atoms with Crippen molar-refractivity contribution in [2.45, 2.75) is 19.1 Å². The Labute approximate surface area is 116 Å². The van der Waals surface area contributed by atoms with Gasteiger partial charge in [0, 0.05) is 6.20 Å². The highest BCUT2D eigenvalue weighted by Crippen LogP contribution is 2.21. The first-order valence-corrected chi connectivity index (χ1v) is 6.17. The Morgan fingerprint density at radius 1 is 1.30 bits per heavy atom. The van der Waals surface area contributed by atoms with Crippen LogP contribution in [-0.4, -0.2) is 16.1 Å². The number of pyridine rings is 1. The SMILES string of the molecule is C[C@H](Nc1ncccc1C#N)[C@@H](O)c1ccc(F)cc1. The summed E-state index contributed by atoms with van der Waals surface area (Å²) in [7, 11) is 0. The van der Waals surface area contributed by atoms with E-state index < -0.39 is 6.10 Å². The average Bonchev–Trinajstić information content (AvgIpc) is 2.48. The second kappa shape index (κ2) is 6.13. The predicted molar refractivity (Wildman–Crippen MR) is 73.4 cm³/mol. The lowest BCUT2D eigenvalue weighted by Gasteiger charge is -2.21. The van der Waals surface area contributed by atoms with Crippen LogP contribution < -0.4 is 5.32 Å². The summed E-state index contributed by atoms with van der Waals surface area (Å²) < 4.78 is 12.9. The number of halogens is 1. The van der Waals surface area contributed by atoms with Crippen molar-refractivity contribution in [1.82, 2.24) is 4.98 Å². The largest absolute Gasteiger partial charge is 0.386 e.